The number of hydrogen-bond donors (Lipinski definition) is 0. The van der Waals surface area contributed by atoms with E-state index in [4.69, 9.17) is 0 Å². The van der Waals surface area contributed by atoms with Gasteiger partial charge in [0, 0.05) is 13.1 Å². The number of nitrogens with zero attached hydrogens (tertiary/aromatic N) is 4. The van der Waals surface area contributed by atoms with Crippen molar-refractivity contribution in [1.29, 1.82) is 0 Å². The van der Waals surface area contributed by atoms with Gasteiger partial charge in [-0.2, -0.15) is 9.78 Å². The van der Waals surface area contributed by atoms with Crippen molar-refractivity contribution < 1.29 is 0 Å². The molecule has 0 atom stereocenters. The third-order valence-electron chi connectivity index (χ3n) is 3.38. The molecule has 1 aromatic heterocycles. The van der Waals surface area contributed by atoms with E-state index in [-0.39, 0.29) is 5.56 Å². The molecule has 1 fully saturated rings. The number of likely N-dealkylation sites (tertiary alicyclic amines) is 1. The highest BCUT2D eigenvalue weighted by molar-refractivity contribution is 5.76. The summed E-state index contributed by atoms with van der Waals surface area (Å²) in [5.41, 5.74) is 0.579. The third-order valence-corrected chi connectivity index (χ3v) is 3.38. The van der Waals surface area contributed by atoms with Gasteiger partial charge in [-0.05, 0) is 31.4 Å². The van der Waals surface area contributed by atoms with Gasteiger partial charge in [-0.25, -0.2) is 4.98 Å². The number of para-hydroxylation sites is 1. The van der Waals surface area contributed by atoms with E-state index in [0.29, 0.717) is 10.9 Å². The van der Waals surface area contributed by atoms with Gasteiger partial charge in [-0.15, -0.1) is 0 Å². The Balaban J connectivity index is 1.90. The maximum atomic E-state index is 12.2. The first-order chi connectivity index (χ1) is 9.34. The molecule has 98 valence electrons. The lowest BCUT2D eigenvalue weighted by Gasteiger charge is -2.23. The highest BCUT2D eigenvalue weighted by Crippen LogP contribution is 2.07. The largest absolute Gasteiger partial charge is 0.361 e. The lowest BCUT2D eigenvalue weighted by atomic mass is 10.1. The van der Waals surface area contributed by atoms with Crippen LogP contribution in [0.3, 0.4) is 0 Å². The average molecular weight is 256 g/mol. The maximum absolute atomic E-state index is 12.2. The van der Waals surface area contributed by atoms with Crippen LogP contribution in [0.1, 0.15) is 19.3 Å². The van der Waals surface area contributed by atoms with Gasteiger partial charge in [0.15, 0.2) is 0 Å². The minimum Gasteiger partial charge on any atom is -0.361 e. The number of hydrogen-bond acceptors (Lipinski definition) is 3. The molecule has 3 rings (SSSR count). The molecule has 1 saturated heterocycles. The van der Waals surface area contributed by atoms with Crippen molar-refractivity contribution in [2.45, 2.75) is 19.3 Å². The first-order valence-corrected chi connectivity index (χ1v) is 6.59. The number of fused-ring (bicyclic) bond motifs is 1. The highest BCUT2D eigenvalue weighted by Gasteiger charge is 2.06. The lowest BCUT2D eigenvalue weighted by Crippen LogP contribution is -2.29. The molecule has 0 saturated carbocycles. The molecule has 0 amide bonds. The fourth-order valence-electron chi connectivity index (χ4n) is 2.30. The van der Waals surface area contributed by atoms with Crippen LogP contribution < -0.4 is 5.56 Å². The van der Waals surface area contributed by atoms with Crippen molar-refractivity contribution in [2.24, 2.45) is 5.10 Å². The summed E-state index contributed by atoms with van der Waals surface area (Å²) in [6.07, 6.45) is 6.89. The fourth-order valence-corrected chi connectivity index (χ4v) is 2.30. The quantitative estimate of drug-likeness (QED) is 0.606. The molecule has 1 aliphatic heterocycles. The molecule has 5 heteroatoms. The van der Waals surface area contributed by atoms with Crippen LogP contribution in [0.15, 0.2) is 40.5 Å². The van der Waals surface area contributed by atoms with E-state index in [1.54, 1.807) is 12.4 Å². The molecule has 1 aromatic carbocycles. The Bertz CT molecular complexity index is 656. The van der Waals surface area contributed by atoms with Crippen LogP contribution in [0.25, 0.3) is 10.9 Å². The van der Waals surface area contributed by atoms with Crippen LogP contribution in [-0.2, 0) is 0 Å². The number of rotatable bonds is 2. The zero-order chi connectivity index (χ0) is 13.1. The predicted octanol–water partition coefficient (Wildman–Crippen LogP) is 1.67. The van der Waals surface area contributed by atoms with Crippen LogP contribution in [0.2, 0.25) is 0 Å². The first-order valence-electron chi connectivity index (χ1n) is 6.59. The van der Waals surface area contributed by atoms with Gasteiger partial charge in [0.2, 0.25) is 0 Å². The number of benzene rings is 1. The van der Waals surface area contributed by atoms with E-state index in [1.807, 2.05) is 18.2 Å². The van der Waals surface area contributed by atoms with Crippen LogP contribution in [0.4, 0.5) is 0 Å². The first kappa shape index (κ1) is 11.9. The molecule has 0 spiro atoms. The van der Waals surface area contributed by atoms with Gasteiger partial charge in [-0.1, -0.05) is 12.1 Å². The van der Waals surface area contributed by atoms with Gasteiger partial charge < -0.3 is 4.90 Å². The molecule has 0 unspecified atom stereocenters. The van der Waals surface area contributed by atoms with Crippen molar-refractivity contribution in [3.05, 3.63) is 40.9 Å². The Morgan fingerprint density at radius 1 is 1.16 bits per heavy atom. The maximum Gasteiger partial charge on any atom is 0.281 e. The molecule has 2 aromatic rings. The Labute approximate surface area is 111 Å². The zero-order valence-corrected chi connectivity index (χ0v) is 10.7. The standard InChI is InChI=1S/C14H16N4O/c19-14-12-6-2-3-7-13(12)15-10-18(14)16-11-17-8-4-1-5-9-17/h2-3,6-7,10-11H,1,4-5,8-9H2. The third kappa shape index (κ3) is 2.50. The predicted molar refractivity (Wildman–Crippen MR) is 75.3 cm³/mol. The molecule has 0 bridgehead atoms. The molecule has 1 aliphatic rings. The van der Waals surface area contributed by atoms with E-state index < -0.39 is 0 Å². The molecule has 19 heavy (non-hydrogen) atoms. The molecule has 2 heterocycles. The Morgan fingerprint density at radius 3 is 2.79 bits per heavy atom. The minimum absolute atomic E-state index is 0.126. The van der Waals surface area contributed by atoms with E-state index in [0.717, 1.165) is 13.1 Å². The summed E-state index contributed by atoms with van der Waals surface area (Å²) >= 11 is 0. The second kappa shape index (κ2) is 5.22. The fraction of sp³-hybridized carbons (Fsp3) is 0.357. The summed E-state index contributed by atoms with van der Waals surface area (Å²) in [6.45, 7) is 2.03. The van der Waals surface area contributed by atoms with Crippen LogP contribution in [0.5, 0.6) is 0 Å². The van der Waals surface area contributed by atoms with Crippen molar-refractivity contribution in [3.63, 3.8) is 0 Å². The summed E-state index contributed by atoms with van der Waals surface area (Å²) in [5.74, 6) is 0. The summed E-state index contributed by atoms with van der Waals surface area (Å²) in [5, 5.41) is 4.82. The van der Waals surface area contributed by atoms with Crippen LogP contribution >= 0.6 is 0 Å². The number of aromatic nitrogens is 2. The van der Waals surface area contributed by atoms with E-state index in [2.05, 4.69) is 15.0 Å². The van der Waals surface area contributed by atoms with Gasteiger partial charge >= 0.3 is 0 Å². The van der Waals surface area contributed by atoms with E-state index in [1.165, 1.54) is 30.3 Å². The van der Waals surface area contributed by atoms with Crippen LogP contribution in [-0.4, -0.2) is 34.0 Å². The Hall–Kier alpha value is -2.17. The second-order valence-electron chi connectivity index (χ2n) is 4.74. The summed E-state index contributed by atoms with van der Waals surface area (Å²) in [7, 11) is 0. The molecule has 0 aliphatic carbocycles. The van der Waals surface area contributed by atoms with Crippen molar-refractivity contribution in [2.75, 3.05) is 13.1 Å². The highest BCUT2D eigenvalue weighted by atomic mass is 16.1. The normalized spacial score (nSPS) is 16.3. The number of piperidine rings is 1. The zero-order valence-electron chi connectivity index (χ0n) is 10.7. The van der Waals surface area contributed by atoms with Crippen molar-refractivity contribution in [1.82, 2.24) is 14.6 Å². The van der Waals surface area contributed by atoms with Crippen molar-refractivity contribution >= 4 is 17.2 Å². The van der Waals surface area contributed by atoms with Gasteiger partial charge in [-0.3, -0.25) is 4.79 Å². The summed E-state index contributed by atoms with van der Waals surface area (Å²) in [4.78, 5) is 18.6. The minimum atomic E-state index is -0.126. The monoisotopic (exact) mass is 256 g/mol. The lowest BCUT2D eigenvalue weighted by molar-refractivity contribution is 0.349. The molecule has 0 radical (unpaired) electrons. The Morgan fingerprint density at radius 2 is 1.95 bits per heavy atom. The SMILES string of the molecule is O=c1c2ccccc2ncn1N=CN1CCCCC1. The Kier molecular flexibility index (Phi) is 3.27. The summed E-state index contributed by atoms with van der Waals surface area (Å²) in [6, 6.07) is 7.31. The van der Waals surface area contributed by atoms with Gasteiger partial charge in [0.25, 0.3) is 5.56 Å². The smallest absolute Gasteiger partial charge is 0.281 e. The van der Waals surface area contributed by atoms with Crippen molar-refractivity contribution in [3.8, 4) is 0 Å². The van der Waals surface area contributed by atoms with Gasteiger partial charge in [0.05, 0.1) is 10.9 Å². The second-order valence-corrected chi connectivity index (χ2v) is 4.74. The summed E-state index contributed by atoms with van der Waals surface area (Å²) < 4.78 is 1.30. The molecular weight excluding hydrogens is 240 g/mol. The van der Waals surface area contributed by atoms with Gasteiger partial charge in [0.1, 0.15) is 12.7 Å². The molecule has 5 nitrogen and oxygen atoms in total. The van der Waals surface area contributed by atoms with E-state index >= 15 is 0 Å². The van der Waals surface area contributed by atoms with Crippen LogP contribution in [0, 0.1) is 0 Å². The molecule has 0 N–H and O–H groups in total. The topological polar surface area (TPSA) is 50.5 Å². The molecular formula is C14H16N4O. The van der Waals surface area contributed by atoms with E-state index in [9.17, 15) is 4.79 Å². The average Bonchev–Trinajstić information content (AvgIpc) is 2.48.